The molecule has 0 spiro atoms. The van der Waals surface area contributed by atoms with Crippen LogP contribution in [0.5, 0.6) is 5.75 Å². The molecule has 0 aromatic heterocycles. The highest BCUT2D eigenvalue weighted by Crippen LogP contribution is 2.14. The van der Waals surface area contributed by atoms with Crippen LogP contribution >= 0.6 is 0 Å². The second kappa shape index (κ2) is 14.2. The van der Waals surface area contributed by atoms with Gasteiger partial charge in [-0.05, 0) is 38.0 Å². The van der Waals surface area contributed by atoms with E-state index in [1.807, 2.05) is 19.1 Å². The maximum atomic E-state index is 5.93. The molecule has 158 valence electrons. The smallest absolute Gasteiger partial charge is 0.191 e. The minimum absolute atomic E-state index is 0.613. The van der Waals surface area contributed by atoms with E-state index < -0.39 is 0 Å². The molecule has 1 aromatic rings. The van der Waals surface area contributed by atoms with E-state index in [-0.39, 0.29) is 0 Å². The summed E-state index contributed by atoms with van der Waals surface area (Å²) < 4.78 is 16.7. The van der Waals surface area contributed by atoms with Gasteiger partial charge in [-0.25, -0.2) is 4.99 Å². The molecule has 0 unspecified atom stereocenters. The topological polar surface area (TPSA) is 67.4 Å². The van der Waals surface area contributed by atoms with E-state index in [0.717, 1.165) is 82.8 Å². The molecule has 28 heavy (non-hydrogen) atoms. The monoisotopic (exact) mass is 392 g/mol. The Balaban J connectivity index is 1.76. The predicted octanol–water partition coefficient (Wildman–Crippen LogP) is 1.88. The average molecular weight is 393 g/mol. The third-order valence-corrected chi connectivity index (χ3v) is 4.40. The molecule has 0 saturated carbocycles. The Morgan fingerprint density at radius 1 is 1.18 bits per heavy atom. The maximum absolute atomic E-state index is 5.93. The summed E-state index contributed by atoms with van der Waals surface area (Å²) in [5, 5.41) is 6.63. The third kappa shape index (κ3) is 9.39. The van der Waals surface area contributed by atoms with E-state index >= 15 is 0 Å². The number of ether oxygens (including phenoxy) is 3. The van der Waals surface area contributed by atoms with Gasteiger partial charge in [-0.3, -0.25) is 4.90 Å². The van der Waals surface area contributed by atoms with E-state index in [1.165, 1.54) is 0 Å². The van der Waals surface area contributed by atoms with E-state index in [1.54, 1.807) is 0 Å². The van der Waals surface area contributed by atoms with Crippen LogP contribution in [0.1, 0.15) is 25.8 Å². The molecule has 0 amide bonds. The minimum atomic E-state index is 0.613. The number of hydrogen-bond donors (Lipinski definition) is 2. The van der Waals surface area contributed by atoms with E-state index in [0.29, 0.717) is 13.2 Å². The number of morpholine rings is 1. The largest absolute Gasteiger partial charge is 0.492 e. The van der Waals surface area contributed by atoms with E-state index in [9.17, 15) is 0 Å². The summed E-state index contributed by atoms with van der Waals surface area (Å²) in [6.45, 7) is 13.2. The maximum Gasteiger partial charge on any atom is 0.191 e. The van der Waals surface area contributed by atoms with Crippen molar-refractivity contribution in [2.24, 2.45) is 4.99 Å². The number of nitrogens with zero attached hydrogens (tertiary/aromatic N) is 2. The molecule has 0 atom stereocenters. The van der Waals surface area contributed by atoms with Gasteiger partial charge in [-0.1, -0.05) is 12.1 Å². The SMILES string of the molecule is CCNC(=NCc1cccc(OCCN2CCOCC2)c1)NCCCOCC. The van der Waals surface area contributed by atoms with Gasteiger partial charge in [0.2, 0.25) is 0 Å². The van der Waals surface area contributed by atoms with Crippen LogP contribution in [0.3, 0.4) is 0 Å². The Morgan fingerprint density at radius 3 is 2.82 bits per heavy atom. The van der Waals surface area contributed by atoms with E-state index in [4.69, 9.17) is 14.2 Å². The zero-order chi connectivity index (χ0) is 19.9. The fraction of sp³-hybridized carbons (Fsp3) is 0.667. The summed E-state index contributed by atoms with van der Waals surface area (Å²) in [5.41, 5.74) is 1.13. The molecular formula is C21H36N4O3. The minimum Gasteiger partial charge on any atom is -0.492 e. The predicted molar refractivity (Wildman–Crippen MR) is 113 cm³/mol. The van der Waals surface area contributed by atoms with Gasteiger partial charge in [0.1, 0.15) is 12.4 Å². The summed E-state index contributed by atoms with van der Waals surface area (Å²) in [5.74, 6) is 1.73. The third-order valence-electron chi connectivity index (χ3n) is 4.40. The van der Waals surface area contributed by atoms with Gasteiger partial charge in [-0.15, -0.1) is 0 Å². The summed E-state index contributed by atoms with van der Waals surface area (Å²) in [4.78, 5) is 7.04. The molecule has 7 heteroatoms. The second-order valence-electron chi connectivity index (χ2n) is 6.62. The van der Waals surface area contributed by atoms with E-state index in [2.05, 4.69) is 39.6 Å². The van der Waals surface area contributed by atoms with Crippen LogP contribution in [-0.4, -0.2) is 76.6 Å². The first kappa shape index (κ1) is 22.5. The highest BCUT2D eigenvalue weighted by atomic mass is 16.5. The Morgan fingerprint density at radius 2 is 2.04 bits per heavy atom. The molecule has 1 aliphatic heterocycles. The highest BCUT2D eigenvalue weighted by Gasteiger charge is 2.09. The van der Waals surface area contributed by atoms with Crippen molar-refractivity contribution in [3.8, 4) is 5.75 Å². The van der Waals surface area contributed by atoms with Crippen LogP contribution in [0.25, 0.3) is 0 Å². The van der Waals surface area contributed by atoms with Crippen molar-refractivity contribution in [2.45, 2.75) is 26.8 Å². The van der Waals surface area contributed by atoms with Crippen molar-refractivity contribution < 1.29 is 14.2 Å². The van der Waals surface area contributed by atoms with Crippen molar-refractivity contribution >= 4 is 5.96 Å². The number of hydrogen-bond acceptors (Lipinski definition) is 5. The molecule has 2 N–H and O–H groups in total. The number of benzene rings is 1. The zero-order valence-corrected chi connectivity index (χ0v) is 17.4. The van der Waals surface area contributed by atoms with Crippen molar-refractivity contribution in [1.82, 2.24) is 15.5 Å². The molecular weight excluding hydrogens is 356 g/mol. The number of aliphatic imine (C=N–C) groups is 1. The molecule has 1 saturated heterocycles. The molecule has 0 aliphatic carbocycles. The van der Waals surface area contributed by atoms with Gasteiger partial charge in [0.05, 0.1) is 19.8 Å². The lowest BCUT2D eigenvalue weighted by Gasteiger charge is -2.26. The lowest BCUT2D eigenvalue weighted by atomic mass is 10.2. The van der Waals surface area contributed by atoms with Crippen LogP contribution in [-0.2, 0) is 16.0 Å². The van der Waals surface area contributed by atoms with Gasteiger partial charge in [0, 0.05) is 45.9 Å². The Labute approximate surface area is 169 Å². The molecule has 0 bridgehead atoms. The first-order valence-electron chi connectivity index (χ1n) is 10.4. The second-order valence-corrected chi connectivity index (χ2v) is 6.62. The molecule has 1 fully saturated rings. The molecule has 0 radical (unpaired) electrons. The van der Waals surface area contributed by atoms with Crippen LogP contribution in [0.4, 0.5) is 0 Å². The van der Waals surface area contributed by atoms with Crippen molar-refractivity contribution in [2.75, 3.05) is 65.8 Å². The number of rotatable bonds is 12. The van der Waals surface area contributed by atoms with Gasteiger partial charge >= 0.3 is 0 Å². The van der Waals surface area contributed by atoms with Gasteiger partial charge in [-0.2, -0.15) is 0 Å². The highest BCUT2D eigenvalue weighted by molar-refractivity contribution is 5.79. The Kier molecular flexibility index (Phi) is 11.4. The Bertz CT molecular complexity index is 562. The summed E-state index contributed by atoms with van der Waals surface area (Å²) in [6, 6.07) is 8.18. The lowest BCUT2D eigenvalue weighted by Crippen LogP contribution is -2.38. The normalized spacial score (nSPS) is 15.4. The van der Waals surface area contributed by atoms with Crippen LogP contribution < -0.4 is 15.4 Å². The lowest BCUT2D eigenvalue weighted by molar-refractivity contribution is 0.0322. The first-order valence-corrected chi connectivity index (χ1v) is 10.4. The Hall–Kier alpha value is -1.83. The van der Waals surface area contributed by atoms with Crippen LogP contribution in [0, 0.1) is 0 Å². The standard InChI is InChI=1S/C21H36N4O3/c1-3-22-21(23-9-6-13-26-4-2)24-18-19-7-5-8-20(17-19)28-16-12-25-10-14-27-15-11-25/h5,7-8,17H,3-4,6,9-16,18H2,1-2H3,(H2,22,23,24). The van der Waals surface area contributed by atoms with Crippen molar-refractivity contribution in [3.63, 3.8) is 0 Å². The first-order chi connectivity index (χ1) is 13.8. The average Bonchev–Trinajstić information content (AvgIpc) is 2.73. The molecule has 2 rings (SSSR count). The summed E-state index contributed by atoms with van der Waals surface area (Å²) >= 11 is 0. The fourth-order valence-corrected chi connectivity index (χ4v) is 2.89. The van der Waals surface area contributed by atoms with Crippen molar-refractivity contribution in [3.05, 3.63) is 29.8 Å². The number of nitrogens with one attached hydrogen (secondary N) is 2. The molecule has 1 heterocycles. The van der Waals surface area contributed by atoms with Gasteiger partial charge in [0.15, 0.2) is 5.96 Å². The quantitative estimate of drug-likeness (QED) is 0.322. The summed E-state index contributed by atoms with van der Waals surface area (Å²) in [6.07, 6.45) is 0.963. The van der Waals surface area contributed by atoms with Crippen LogP contribution in [0.2, 0.25) is 0 Å². The van der Waals surface area contributed by atoms with Gasteiger partial charge in [0.25, 0.3) is 0 Å². The molecule has 7 nitrogen and oxygen atoms in total. The van der Waals surface area contributed by atoms with Gasteiger partial charge < -0.3 is 24.8 Å². The fourth-order valence-electron chi connectivity index (χ4n) is 2.89. The summed E-state index contributed by atoms with van der Waals surface area (Å²) in [7, 11) is 0. The van der Waals surface area contributed by atoms with Crippen LogP contribution in [0.15, 0.2) is 29.3 Å². The molecule has 1 aliphatic rings. The van der Waals surface area contributed by atoms with Crippen molar-refractivity contribution in [1.29, 1.82) is 0 Å². The zero-order valence-electron chi connectivity index (χ0n) is 17.4. The molecule has 1 aromatic carbocycles. The number of guanidine groups is 1.